The summed E-state index contributed by atoms with van der Waals surface area (Å²) in [5.41, 5.74) is 3.40. The van der Waals surface area contributed by atoms with E-state index in [4.69, 9.17) is 9.72 Å². The Labute approximate surface area is 107 Å². The Balaban J connectivity index is 2.17. The Hall–Kier alpha value is -1.83. The van der Waals surface area contributed by atoms with Crippen LogP contribution in [0.3, 0.4) is 0 Å². The van der Waals surface area contributed by atoms with E-state index in [0.29, 0.717) is 0 Å². The molecule has 1 aliphatic carbocycles. The van der Waals surface area contributed by atoms with Gasteiger partial charge >= 0.3 is 0 Å². The second-order valence-electron chi connectivity index (χ2n) is 4.71. The molecule has 0 unspecified atom stereocenters. The zero-order chi connectivity index (χ0) is 12.4. The van der Waals surface area contributed by atoms with Gasteiger partial charge < -0.3 is 4.74 Å². The van der Waals surface area contributed by atoms with Crippen LogP contribution >= 0.6 is 0 Å². The van der Waals surface area contributed by atoms with Crippen molar-refractivity contribution in [2.45, 2.75) is 25.7 Å². The number of rotatable bonds is 2. The predicted octanol–water partition coefficient (Wildman–Crippen LogP) is 4.20. The highest BCUT2D eigenvalue weighted by molar-refractivity contribution is 5.84. The maximum atomic E-state index is 5.50. The lowest BCUT2D eigenvalue weighted by atomic mass is 9.96. The van der Waals surface area contributed by atoms with E-state index in [9.17, 15) is 0 Å². The summed E-state index contributed by atoms with van der Waals surface area (Å²) >= 11 is 0. The normalized spacial score (nSPS) is 15.5. The van der Waals surface area contributed by atoms with E-state index >= 15 is 0 Å². The first-order chi connectivity index (χ1) is 8.88. The molecule has 0 saturated heterocycles. The largest absolute Gasteiger partial charge is 0.494 e. The van der Waals surface area contributed by atoms with Gasteiger partial charge in [-0.1, -0.05) is 24.3 Å². The van der Waals surface area contributed by atoms with Crippen LogP contribution in [0.25, 0.3) is 16.5 Å². The molecule has 3 rings (SSSR count). The number of benzene rings is 1. The number of allylic oxidation sites excluding steroid dienone is 2. The van der Waals surface area contributed by atoms with Gasteiger partial charge in [-0.05, 0) is 43.4 Å². The summed E-state index contributed by atoms with van der Waals surface area (Å²) in [6.07, 6.45) is 7.13. The Morgan fingerprint density at radius 1 is 1.17 bits per heavy atom. The van der Waals surface area contributed by atoms with Gasteiger partial charge in [-0.25, -0.2) is 4.98 Å². The summed E-state index contributed by atoms with van der Waals surface area (Å²) in [6.45, 7) is 0. The number of aromatic nitrogens is 1. The van der Waals surface area contributed by atoms with Crippen LogP contribution in [0, 0.1) is 0 Å². The van der Waals surface area contributed by atoms with Crippen LogP contribution in [0.5, 0.6) is 5.75 Å². The number of hydrogen-bond donors (Lipinski definition) is 0. The first-order valence-electron chi connectivity index (χ1n) is 6.51. The maximum Gasteiger partial charge on any atom is 0.145 e. The van der Waals surface area contributed by atoms with Crippen LogP contribution < -0.4 is 4.74 Å². The van der Waals surface area contributed by atoms with Gasteiger partial charge in [0, 0.05) is 5.39 Å². The molecular formula is C16H17NO. The van der Waals surface area contributed by atoms with Crippen molar-refractivity contribution in [3.8, 4) is 5.75 Å². The molecule has 0 spiro atoms. The Bertz CT molecular complexity index is 601. The minimum atomic E-state index is 0.891. The predicted molar refractivity (Wildman–Crippen MR) is 74.7 cm³/mol. The van der Waals surface area contributed by atoms with E-state index in [1.807, 2.05) is 12.1 Å². The van der Waals surface area contributed by atoms with Crippen molar-refractivity contribution in [2.24, 2.45) is 0 Å². The quantitative estimate of drug-likeness (QED) is 0.783. The summed E-state index contributed by atoms with van der Waals surface area (Å²) < 4.78 is 5.50. The average Bonchev–Trinajstić information content (AvgIpc) is 2.46. The Morgan fingerprint density at radius 3 is 2.83 bits per heavy atom. The Kier molecular flexibility index (Phi) is 3.01. The van der Waals surface area contributed by atoms with Gasteiger partial charge in [-0.3, -0.25) is 0 Å². The topological polar surface area (TPSA) is 22.1 Å². The number of pyridine rings is 1. The standard InChI is InChI=1S/C16H17NO/c1-18-15-11-13-9-5-6-10-14(13)17-16(15)12-7-3-2-4-8-12/h5-7,9-11H,2-4,8H2,1H3. The van der Waals surface area contributed by atoms with E-state index in [0.717, 1.165) is 35.2 Å². The van der Waals surface area contributed by atoms with Crippen LogP contribution in [-0.4, -0.2) is 12.1 Å². The van der Waals surface area contributed by atoms with E-state index in [2.05, 4.69) is 24.3 Å². The SMILES string of the molecule is COc1cc2ccccc2nc1C1=CCCCC1. The molecule has 0 aliphatic heterocycles. The number of nitrogens with zero attached hydrogens (tertiary/aromatic N) is 1. The number of ether oxygens (including phenoxy) is 1. The number of methoxy groups -OCH3 is 1. The first kappa shape index (κ1) is 11.3. The second-order valence-corrected chi connectivity index (χ2v) is 4.71. The summed E-state index contributed by atoms with van der Waals surface area (Å²) in [7, 11) is 1.72. The van der Waals surface area contributed by atoms with Crippen LogP contribution in [-0.2, 0) is 0 Å². The van der Waals surface area contributed by atoms with Crippen molar-refractivity contribution < 1.29 is 4.74 Å². The van der Waals surface area contributed by atoms with E-state index in [1.54, 1.807) is 7.11 Å². The van der Waals surface area contributed by atoms with Gasteiger partial charge in [0.15, 0.2) is 0 Å². The van der Waals surface area contributed by atoms with Gasteiger partial charge in [0.25, 0.3) is 0 Å². The van der Waals surface area contributed by atoms with Gasteiger partial charge in [-0.2, -0.15) is 0 Å². The summed E-state index contributed by atoms with van der Waals surface area (Å²) in [4.78, 5) is 4.78. The van der Waals surface area contributed by atoms with Crippen LogP contribution in [0.15, 0.2) is 36.4 Å². The molecule has 1 aromatic heterocycles. The third kappa shape index (κ3) is 1.99. The van der Waals surface area contributed by atoms with Crippen LogP contribution in [0.2, 0.25) is 0 Å². The molecule has 2 heteroatoms. The summed E-state index contributed by atoms with van der Waals surface area (Å²) in [5.74, 6) is 0.891. The molecule has 18 heavy (non-hydrogen) atoms. The van der Waals surface area contributed by atoms with Crippen LogP contribution in [0.1, 0.15) is 31.4 Å². The van der Waals surface area contributed by atoms with E-state index in [1.165, 1.54) is 18.4 Å². The lowest BCUT2D eigenvalue weighted by molar-refractivity contribution is 0.412. The van der Waals surface area contributed by atoms with Crippen LogP contribution in [0.4, 0.5) is 0 Å². The van der Waals surface area contributed by atoms with Crippen molar-refractivity contribution in [3.05, 3.63) is 42.1 Å². The van der Waals surface area contributed by atoms with Crippen molar-refractivity contribution in [2.75, 3.05) is 7.11 Å². The minimum absolute atomic E-state index is 0.891. The van der Waals surface area contributed by atoms with Crippen molar-refractivity contribution in [1.82, 2.24) is 4.98 Å². The maximum absolute atomic E-state index is 5.50. The molecule has 1 heterocycles. The monoisotopic (exact) mass is 239 g/mol. The van der Waals surface area contributed by atoms with Crippen molar-refractivity contribution >= 4 is 16.5 Å². The van der Waals surface area contributed by atoms with Gasteiger partial charge in [0.2, 0.25) is 0 Å². The van der Waals surface area contributed by atoms with Gasteiger partial charge in [0.1, 0.15) is 11.4 Å². The molecule has 1 aromatic carbocycles. The fraction of sp³-hybridized carbons (Fsp3) is 0.312. The van der Waals surface area contributed by atoms with Gasteiger partial charge in [-0.15, -0.1) is 0 Å². The molecule has 0 atom stereocenters. The Morgan fingerprint density at radius 2 is 2.06 bits per heavy atom. The highest BCUT2D eigenvalue weighted by Crippen LogP contribution is 2.33. The molecular weight excluding hydrogens is 222 g/mol. The molecule has 0 N–H and O–H groups in total. The fourth-order valence-electron chi connectivity index (χ4n) is 2.54. The lowest BCUT2D eigenvalue weighted by Crippen LogP contribution is -1.99. The molecule has 1 aliphatic rings. The second kappa shape index (κ2) is 4.81. The highest BCUT2D eigenvalue weighted by atomic mass is 16.5. The molecule has 0 amide bonds. The number of hydrogen-bond acceptors (Lipinski definition) is 2. The third-order valence-corrected chi connectivity index (χ3v) is 3.50. The van der Waals surface area contributed by atoms with Crippen molar-refractivity contribution in [1.29, 1.82) is 0 Å². The average molecular weight is 239 g/mol. The van der Waals surface area contributed by atoms with E-state index in [-0.39, 0.29) is 0 Å². The molecule has 0 radical (unpaired) electrons. The number of fused-ring (bicyclic) bond motifs is 1. The van der Waals surface area contributed by atoms with Gasteiger partial charge in [0.05, 0.1) is 12.6 Å². The lowest BCUT2D eigenvalue weighted by Gasteiger charge is -2.15. The smallest absolute Gasteiger partial charge is 0.145 e. The zero-order valence-corrected chi connectivity index (χ0v) is 10.6. The molecule has 92 valence electrons. The van der Waals surface area contributed by atoms with Crippen molar-refractivity contribution in [3.63, 3.8) is 0 Å². The minimum Gasteiger partial charge on any atom is -0.494 e. The molecule has 0 bridgehead atoms. The molecule has 2 aromatic rings. The fourth-order valence-corrected chi connectivity index (χ4v) is 2.54. The first-order valence-corrected chi connectivity index (χ1v) is 6.51. The zero-order valence-electron chi connectivity index (χ0n) is 10.6. The highest BCUT2D eigenvalue weighted by Gasteiger charge is 2.13. The third-order valence-electron chi connectivity index (χ3n) is 3.50. The van der Waals surface area contributed by atoms with E-state index < -0.39 is 0 Å². The number of para-hydroxylation sites is 1. The summed E-state index contributed by atoms with van der Waals surface area (Å²) in [6, 6.07) is 10.3. The molecule has 0 fully saturated rings. The summed E-state index contributed by atoms with van der Waals surface area (Å²) in [5, 5.41) is 1.13. The molecule has 0 saturated carbocycles. The molecule has 2 nitrogen and oxygen atoms in total.